The molecule has 0 amide bonds. The molecule has 0 spiro atoms. The highest BCUT2D eigenvalue weighted by atomic mass is 31.0. The largest absolute Gasteiger partial charge is 0.393 e. The molecule has 0 aliphatic heterocycles. The van der Waals surface area contributed by atoms with E-state index >= 15 is 0 Å². The number of hydrogen-bond donors (Lipinski definition) is 2. The fourth-order valence-electron chi connectivity index (χ4n) is 1.44. The molecule has 0 aromatic carbocycles. The van der Waals surface area contributed by atoms with E-state index in [0.29, 0.717) is 12.8 Å². The molecule has 0 aromatic rings. The molecule has 0 radical (unpaired) electrons. The molecule has 2 nitrogen and oxygen atoms in total. The lowest BCUT2D eigenvalue weighted by molar-refractivity contribution is 0.0862. The van der Waals surface area contributed by atoms with Crippen LogP contribution in [-0.2, 0) is 0 Å². The van der Waals surface area contributed by atoms with Crippen LogP contribution < -0.4 is 0 Å². The molecule has 0 bridgehead atoms. The maximum absolute atomic E-state index is 9.44. The quantitative estimate of drug-likeness (QED) is 0.596. The maximum atomic E-state index is 9.44. The Kier molecular flexibility index (Phi) is 3.45. The van der Waals surface area contributed by atoms with Gasteiger partial charge in [0, 0.05) is 6.42 Å². The highest BCUT2D eigenvalue weighted by Gasteiger charge is 2.24. The van der Waals surface area contributed by atoms with Crippen molar-refractivity contribution in [3.8, 4) is 0 Å². The fraction of sp³-hybridized carbons (Fsp3) is 0.556. The highest BCUT2D eigenvalue weighted by Crippen LogP contribution is 2.28. The molecule has 3 atom stereocenters. The second kappa shape index (κ2) is 4.18. The zero-order valence-corrected chi connectivity index (χ0v) is 8.19. The number of hydrogen-bond acceptors (Lipinski definition) is 2. The fourth-order valence-corrected chi connectivity index (χ4v) is 1.72. The van der Waals surface area contributed by atoms with E-state index in [9.17, 15) is 10.2 Å². The normalized spacial score (nSPS) is 34.2. The van der Waals surface area contributed by atoms with E-state index in [2.05, 4.69) is 15.8 Å². The third-order valence-corrected chi connectivity index (χ3v) is 2.37. The summed E-state index contributed by atoms with van der Waals surface area (Å²) in [4.78, 5) is 0. The van der Waals surface area contributed by atoms with Crippen LogP contribution in [0.15, 0.2) is 23.8 Å². The van der Waals surface area contributed by atoms with Gasteiger partial charge in [0.15, 0.2) is 0 Å². The van der Waals surface area contributed by atoms with E-state index in [1.165, 1.54) is 0 Å². The zero-order valence-electron chi connectivity index (χ0n) is 7.03. The Morgan fingerprint density at radius 1 is 1.58 bits per heavy atom. The van der Waals surface area contributed by atoms with E-state index in [4.69, 9.17) is 0 Å². The van der Waals surface area contributed by atoms with Gasteiger partial charge in [-0.2, -0.15) is 0 Å². The van der Waals surface area contributed by atoms with Crippen molar-refractivity contribution in [1.82, 2.24) is 0 Å². The monoisotopic (exact) mass is 186 g/mol. The third kappa shape index (κ3) is 2.16. The predicted octanol–water partition coefficient (Wildman–Crippen LogP) is 0.860. The Balaban J connectivity index is 2.73. The standard InChI is InChI=1S/C9H15O2P/c1-6-7(2-3-12)4-8(10)5-9(6)11/h2,8-11H,1,3-5,12H2/b7-2-. The van der Waals surface area contributed by atoms with Crippen LogP contribution in [0, 0.1) is 0 Å². The van der Waals surface area contributed by atoms with Gasteiger partial charge in [-0.25, -0.2) is 0 Å². The number of aliphatic hydroxyl groups excluding tert-OH is 2. The van der Waals surface area contributed by atoms with Crippen molar-refractivity contribution < 1.29 is 10.2 Å². The zero-order chi connectivity index (χ0) is 9.14. The van der Waals surface area contributed by atoms with E-state index in [1.807, 2.05) is 6.08 Å². The first-order valence-electron chi connectivity index (χ1n) is 4.09. The summed E-state index contributed by atoms with van der Waals surface area (Å²) in [5, 5.41) is 18.8. The van der Waals surface area contributed by atoms with Gasteiger partial charge in [-0.3, -0.25) is 0 Å². The summed E-state index contributed by atoms with van der Waals surface area (Å²) in [6, 6.07) is 0. The van der Waals surface area contributed by atoms with Crippen LogP contribution in [0.25, 0.3) is 0 Å². The molecule has 3 unspecified atom stereocenters. The van der Waals surface area contributed by atoms with Crippen molar-refractivity contribution in [3.63, 3.8) is 0 Å². The molecule has 0 aromatic heterocycles. The van der Waals surface area contributed by atoms with Gasteiger partial charge in [-0.15, -0.1) is 9.24 Å². The lowest BCUT2D eigenvalue weighted by Gasteiger charge is -2.26. The highest BCUT2D eigenvalue weighted by molar-refractivity contribution is 7.16. The van der Waals surface area contributed by atoms with Gasteiger partial charge in [0.1, 0.15) is 0 Å². The SMILES string of the molecule is C=C1/C(=C\CP)CC(O)CC1O. The molecular formula is C9H15O2P. The molecule has 2 N–H and O–H groups in total. The summed E-state index contributed by atoms with van der Waals surface area (Å²) in [5.74, 6) is 0. The molecule has 1 aliphatic rings. The van der Waals surface area contributed by atoms with Crippen LogP contribution in [0.5, 0.6) is 0 Å². The van der Waals surface area contributed by atoms with Crippen LogP contribution in [0.3, 0.4) is 0 Å². The van der Waals surface area contributed by atoms with E-state index in [0.717, 1.165) is 17.3 Å². The smallest absolute Gasteiger partial charge is 0.0811 e. The lowest BCUT2D eigenvalue weighted by atomic mass is 9.86. The Bertz CT molecular complexity index is 211. The molecule has 68 valence electrons. The number of rotatable bonds is 1. The molecule has 1 aliphatic carbocycles. The first kappa shape index (κ1) is 9.91. The van der Waals surface area contributed by atoms with Crippen molar-refractivity contribution in [2.75, 3.05) is 6.16 Å². The Morgan fingerprint density at radius 3 is 2.83 bits per heavy atom. The number of aliphatic hydroxyl groups is 2. The third-order valence-electron chi connectivity index (χ3n) is 2.13. The minimum absolute atomic E-state index is 0.409. The van der Waals surface area contributed by atoms with Crippen molar-refractivity contribution >= 4 is 9.24 Å². The molecule has 1 fully saturated rings. The van der Waals surface area contributed by atoms with Gasteiger partial charge in [-0.1, -0.05) is 12.7 Å². The summed E-state index contributed by atoms with van der Waals surface area (Å²) in [7, 11) is 2.58. The second-order valence-corrected chi connectivity index (χ2v) is 3.57. The molecule has 0 saturated heterocycles. The minimum Gasteiger partial charge on any atom is -0.393 e. The summed E-state index contributed by atoms with van der Waals surface area (Å²) < 4.78 is 0. The summed E-state index contributed by atoms with van der Waals surface area (Å²) in [6.45, 7) is 3.79. The maximum Gasteiger partial charge on any atom is 0.0811 e. The second-order valence-electron chi connectivity index (χ2n) is 3.10. The molecule has 1 rings (SSSR count). The topological polar surface area (TPSA) is 40.5 Å². The van der Waals surface area contributed by atoms with Crippen molar-refractivity contribution in [3.05, 3.63) is 23.8 Å². The van der Waals surface area contributed by atoms with E-state index < -0.39 is 12.2 Å². The molecule has 12 heavy (non-hydrogen) atoms. The number of allylic oxidation sites excluding steroid dienone is 1. The summed E-state index contributed by atoms with van der Waals surface area (Å²) in [6.07, 6.45) is 2.91. The van der Waals surface area contributed by atoms with Gasteiger partial charge in [0.05, 0.1) is 12.2 Å². The Labute approximate surface area is 75.2 Å². The van der Waals surface area contributed by atoms with Crippen LogP contribution in [0.4, 0.5) is 0 Å². The average molecular weight is 186 g/mol. The van der Waals surface area contributed by atoms with Gasteiger partial charge in [0.25, 0.3) is 0 Å². The van der Waals surface area contributed by atoms with Gasteiger partial charge in [0.2, 0.25) is 0 Å². The van der Waals surface area contributed by atoms with Crippen LogP contribution in [0.1, 0.15) is 12.8 Å². The predicted molar refractivity (Wildman–Crippen MR) is 53.0 cm³/mol. The Morgan fingerprint density at radius 2 is 2.25 bits per heavy atom. The Hall–Kier alpha value is -0.170. The molecular weight excluding hydrogens is 171 g/mol. The summed E-state index contributed by atoms with van der Waals surface area (Å²) in [5.41, 5.74) is 1.76. The van der Waals surface area contributed by atoms with Gasteiger partial charge < -0.3 is 10.2 Å². The molecule has 3 heteroatoms. The summed E-state index contributed by atoms with van der Waals surface area (Å²) >= 11 is 0. The van der Waals surface area contributed by atoms with Crippen LogP contribution in [-0.4, -0.2) is 28.6 Å². The molecule has 1 saturated carbocycles. The van der Waals surface area contributed by atoms with Gasteiger partial charge in [-0.05, 0) is 23.7 Å². The van der Waals surface area contributed by atoms with Crippen molar-refractivity contribution in [2.45, 2.75) is 25.0 Å². The first-order valence-corrected chi connectivity index (χ1v) is 4.91. The van der Waals surface area contributed by atoms with Crippen LogP contribution >= 0.6 is 9.24 Å². The lowest BCUT2D eigenvalue weighted by Crippen LogP contribution is -2.27. The van der Waals surface area contributed by atoms with E-state index in [1.54, 1.807) is 0 Å². The van der Waals surface area contributed by atoms with E-state index in [-0.39, 0.29) is 0 Å². The molecule has 0 heterocycles. The van der Waals surface area contributed by atoms with Gasteiger partial charge >= 0.3 is 0 Å². The first-order chi connectivity index (χ1) is 5.65. The minimum atomic E-state index is -0.559. The van der Waals surface area contributed by atoms with Crippen molar-refractivity contribution in [2.24, 2.45) is 0 Å². The average Bonchev–Trinajstić information content (AvgIpc) is 2.00. The van der Waals surface area contributed by atoms with Crippen LogP contribution in [0.2, 0.25) is 0 Å². The van der Waals surface area contributed by atoms with Crippen molar-refractivity contribution in [1.29, 1.82) is 0 Å².